The monoisotopic (exact) mass is 513 g/mol. The molecule has 0 radical (unpaired) electrons. The molecular formula is C28H39N3O6. The summed E-state index contributed by atoms with van der Waals surface area (Å²) < 4.78 is 6.57. The van der Waals surface area contributed by atoms with Gasteiger partial charge in [0.25, 0.3) is 5.91 Å². The third-order valence-corrected chi connectivity index (χ3v) is 8.61. The van der Waals surface area contributed by atoms with Crippen LogP contribution in [0.5, 0.6) is 0 Å². The van der Waals surface area contributed by atoms with E-state index in [2.05, 4.69) is 25.3 Å². The molecule has 9 nitrogen and oxygen atoms in total. The van der Waals surface area contributed by atoms with E-state index in [0.717, 1.165) is 18.8 Å². The van der Waals surface area contributed by atoms with E-state index in [9.17, 15) is 24.6 Å². The Morgan fingerprint density at radius 1 is 1.16 bits per heavy atom. The number of benzene rings is 1. The molecule has 0 aromatic heterocycles. The summed E-state index contributed by atoms with van der Waals surface area (Å²) in [6.07, 6.45) is 3.31. The first kappa shape index (κ1) is 27.1. The molecule has 2 bridgehead atoms. The lowest BCUT2D eigenvalue weighted by Gasteiger charge is -2.37. The van der Waals surface area contributed by atoms with Gasteiger partial charge in [-0.3, -0.25) is 14.4 Å². The lowest BCUT2D eigenvalue weighted by atomic mass is 9.65. The number of aliphatic carboxylic acids is 1. The maximum Gasteiger partial charge on any atom is 0.310 e. The number of aliphatic hydroxyl groups excluding tert-OH is 1. The van der Waals surface area contributed by atoms with Gasteiger partial charge in [0.1, 0.15) is 17.6 Å². The molecule has 3 aliphatic heterocycles. The molecule has 0 aliphatic carbocycles. The topological polar surface area (TPSA) is 111 Å². The van der Waals surface area contributed by atoms with Crippen LogP contribution in [0, 0.1) is 11.8 Å². The van der Waals surface area contributed by atoms with Crippen LogP contribution < -0.4 is 9.80 Å². The SMILES string of the molecule is C=CCN(C(=O)C1N(CCCO)C(=O)[C@@H]2[C@H](C(=O)O)[C@]3(CC)CCC12O3)c1ccc(N(CC)CC)cc1. The Labute approximate surface area is 218 Å². The van der Waals surface area contributed by atoms with E-state index < -0.39 is 35.0 Å². The normalized spacial score (nSPS) is 29.9. The van der Waals surface area contributed by atoms with Crippen LogP contribution in [0.25, 0.3) is 0 Å². The standard InChI is InChI=1S/C28H39N3O6/c1-5-16-30(20-12-10-19(11-13-20)29(7-3)8-4)25(34)23-28-15-14-27(6-2,37-28)22(26(35)36)21(28)24(33)31(23)17-9-18-32/h5,10-13,21-23,32H,1,6-9,14-18H2,2-4H3,(H,35,36)/t21-,22+,23?,27-,28?/m0/s1. The molecule has 37 heavy (non-hydrogen) atoms. The molecule has 2 unspecified atom stereocenters. The minimum atomic E-state index is -1.21. The van der Waals surface area contributed by atoms with Crippen molar-refractivity contribution in [3.05, 3.63) is 36.9 Å². The molecule has 4 rings (SSSR count). The average molecular weight is 514 g/mol. The minimum Gasteiger partial charge on any atom is -0.481 e. The third-order valence-electron chi connectivity index (χ3n) is 8.61. The van der Waals surface area contributed by atoms with Crippen LogP contribution >= 0.6 is 0 Å². The number of rotatable bonds is 12. The highest BCUT2D eigenvalue weighted by molar-refractivity contribution is 6.04. The molecule has 3 aliphatic rings. The molecule has 3 saturated heterocycles. The van der Waals surface area contributed by atoms with Crippen molar-refractivity contribution in [3.63, 3.8) is 0 Å². The van der Waals surface area contributed by atoms with Crippen molar-refractivity contribution in [3.8, 4) is 0 Å². The zero-order valence-corrected chi connectivity index (χ0v) is 22.1. The van der Waals surface area contributed by atoms with Crippen molar-refractivity contribution in [1.29, 1.82) is 0 Å². The van der Waals surface area contributed by atoms with Gasteiger partial charge in [0.05, 0.1) is 11.5 Å². The first-order valence-electron chi connectivity index (χ1n) is 13.4. The van der Waals surface area contributed by atoms with Crippen LogP contribution in [0.15, 0.2) is 36.9 Å². The number of carbonyl (C=O) groups is 3. The predicted octanol–water partition coefficient (Wildman–Crippen LogP) is 2.67. The maximum atomic E-state index is 14.4. The second-order valence-electron chi connectivity index (χ2n) is 10.2. The Morgan fingerprint density at radius 3 is 2.35 bits per heavy atom. The maximum absolute atomic E-state index is 14.4. The number of carboxylic acid groups (broad SMARTS) is 1. The third kappa shape index (κ3) is 4.12. The van der Waals surface area contributed by atoms with E-state index in [4.69, 9.17) is 4.74 Å². The van der Waals surface area contributed by atoms with E-state index in [0.29, 0.717) is 24.9 Å². The first-order valence-corrected chi connectivity index (χ1v) is 13.4. The van der Waals surface area contributed by atoms with Crippen LogP contribution in [0.3, 0.4) is 0 Å². The van der Waals surface area contributed by atoms with Crippen molar-refractivity contribution in [2.24, 2.45) is 11.8 Å². The molecule has 202 valence electrons. The molecular weight excluding hydrogens is 474 g/mol. The number of likely N-dealkylation sites (tertiary alicyclic amines) is 1. The van der Waals surface area contributed by atoms with Crippen molar-refractivity contribution in [2.75, 3.05) is 42.6 Å². The Bertz CT molecular complexity index is 1040. The number of amides is 2. The number of aliphatic hydroxyl groups is 1. The molecule has 9 heteroatoms. The lowest BCUT2D eigenvalue weighted by Crippen LogP contribution is -2.56. The highest BCUT2D eigenvalue weighted by Crippen LogP contribution is 2.64. The summed E-state index contributed by atoms with van der Waals surface area (Å²) in [6.45, 7) is 11.8. The Morgan fingerprint density at radius 2 is 1.81 bits per heavy atom. The van der Waals surface area contributed by atoms with E-state index >= 15 is 0 Å². The van der Waals surface area contributed by atoms with Crippen LogP contribution in [0.1, 0.15) is 46.5 Å². The summed E-state index contributed by atoms with van der Waals surface area (Å²) in [4.78, 5) is 45.8. The zero-order valence-electron chi connectivity index (χ0n) is 22.1. The molecule has 2 N–H and O–H groups in total. The summed E-state index contributed by atoms with van der Waals surface area (Å²) in [7, 11) is 0. The Balaban J connectivity index is 1.76. The number of carbonyl (C=O) groups excluding carboxylic acids is 2. The fourth-order valence-corrected chi connectivity index (χ4v) is 6.89. The molecule has 3 heterocycles. The smallest absolute Gasteiger partial charge is 0.310 e. The number of hydrogen-bond acceptors (Lipinski definition) is 6. The fourth-order valence-electron chi connectivity index (χ4n) is 6.89. The first-order chi connectivity index (χ1) is 17.7. The molecule has 3 fully saturated rings. The fraction of sp³-hybridized carbons (Fsp3) is 0.607. The van der Waals surface area contributed by atoms with Crippen molar-refractivity contribution in [2.45, 2.75) is 63.7 Å². The van der Waals surface area contributed by atoms with Gasteiger partial charge in [-0.25, -0.2) is 0 Å². The van der Waals surface area contributed by atoms with Crippen molar-refractivity contribution >= 4 is 29.2 Å². The van der Waals surface area contributed by atoms with Crippen molar-refractivity contribution in [1.82, 2.24) is 4.90 Å². The molecule has 0 saturated carbocycles. The van der Waals surface area contributed by atoms with Gasteiger partial charge in [0.15, 0.2) is 0 Å². The highest BCUT2D eigenvalue weighted by Gasteiger charge is 2.79. The highest BCUT2D eigenvalue weighted by atomic mass is 16.5. The van der Waals surface area contributed by atoms with Crippen LogP contribution in [-0.4, -0.2) is 82.9 Å². The van der Waals surface area contributed by atoms with Gasteiger partial charge in [0.2, 0.25) is 5.91 Å². The number of carboxylic acids is 1. The van der Waals surface area contributed by atoms with Crippen LogP contribution in [0.2, 0.25) is 0 Å². The lowest BCUT2D eigenvalue weighted by molar-refractivity contribution is -0.155. The van der Waals surface area contributed by atoms with Gasteiger partial charge in [-0.05, 0) is 63.8 Å². The molecule has 1 spiro atoms. The summed E-state index contributed by atoms with van der Waals surface area (Å²) in [5.74, 6) is -3.69. The summed E-state index contributed by atoms with van der Waals surface area (Å²) in [6, 6.07) is 6.75. The predicted molar refractivity (Wildman–Crippen MR) is 140 cm³/mol. The quantitative estimate of drug-likeness (QED) is 0.414. The molecule has 5 atom stereocenters. The van der Waals surface area contributed by atoms with E-state index in [1.165, 1.54) is 4.90 Å². The van der Waals surface area contributed by atoms with Crippen LogP contribution in [0.4, 0.5) is 11.4 Å². The van der Waals surface area contributed by atoms with Gasteiger partial charge in [0, 0.05) is 44.2 Å². The molecule has 1 aromatic rings. The molecule has 1 aromatic carbocycles. The summed E-state index contributed by atoms with van der Waals surface area (Å²) in [5.41, 5.74) is -0.445. The number of anilines is 2. The summed E-state index contributed by atoms with van der Waals surface area (Å²) >= 11 is 0. The Hall–Kier alpha value is -2.91. The largest absolute Gasteiger partial charge is 0.481 e. The number of nitrogens with zero attached hydrogens (tertiary/aromatic N) is 3. The van der Waals surface area contributed by atoms with Gasteiger partial charge in [-0.15, -0.1) is 6.58 Å². The average Bonchev–Trinajstić information content (AvgIpc) is 3.50. The zero-order chi connectivity index (χ0) is 27.0. The van der Waals surface area contributed by atoms with Crippen molar-refractivity contribution < 1.29 is 29.3 Å². The van der Waals surface area contributed by atoms with Gasteiger partial charge < -0.3 is 29.6 Å². The number of hydrogen-bond donors (Lipinski definition) is 2. The summed E-state index contributed by atoms with van der Waals surface area (Å²) in [5, 5.41) is 19.7. The van der Waals surface area contributed by atoms with Gasteiger partial charge >= 0.3 is 5.97 Å². The minimum absolute atomic E-state index is 0.145. The van der Waals surface area contributed by atoms with E-state index in [1.54, 1.807) is 11.0 Å². The van der Waals surface area contributed by atoms with Crippen LogP contribution in [-0.2, 0) is 19.1 Å². The van der Waals surface area contributed by atoms with E-state index in [-0.39, 0.29) is 37.9 Å². The van der Waals surface area contributed by atoms with Gasteiger partial charge in [-0.1, -0.05) is 13.0 Å². The number of ether oxygens (including phenoxy) is 1. The Kier molecular flexibility index (Phi) is 7.67. The van der Waals surface area contributed by atoms with Gasteiger partial charge in [-0.2, -0.15) is 0 Å². The second kappa shape index (κ2) is 10.5. The second-order valence-corrected chi connectivity index (χ2v) is 10.2. The number of fused-ring (bicyclic) bond motifs is 1. The molecule has 2 amide bonds. The van der Waals surface area contributed by atoms with E-state index in [1.807, 2.05) is 31.2 Å².